The van der Waals surface area contributed by atoms with Gasteiger partial charge in [0, 0.05) is 45.7 Å². The van der Waals surface area contributed by atoms with Crippen LogP contribution in [0.4, 0.5) is 16.0 Å². The van der Waals surface area contributed by atoms with Crippen molar-refractivity contribution in [2.24, 2.45) is 0 Å². The molecule has 0 bridgehead atoms. The summed E-state index contributed by atoms with van der Waals surface area (Å²) >= 11 is 0. The summed E-state index contributed by atoms with van der Waals surface area (Å²) in [5, 5.41) is 7.21. The molecule has 0 radical (unpaired) electrons. The summed E-state index contributed by atoms with van der Waals surface area (Å²) in [4.78, 5) is 67.5. The van der Waals surface area contributed by atoms with Crippen LogP contribution >= 0.6 is 0 Å². The Bertz CT molecular complexity index is 2340. The summed E-state index contributed by atoms with van der Waals surface area (Å²) in [5.74, 6) is -0.247. The van der Waals surface area contributed by atoms with Crippen molar-refractivity contribution in [2.45, 2.75) is 37.8 Å². The van der Waals surface area contributed by atoms with Crippen LogP contribution in [0.15, 0.2) is 79.0 Å². The molecule has 55 heavy (non-hydrogen) atoms. The molecule has 0 saturated carbocycles. The number of anilines is 2. The van der Waals surface area contributed by atoms with E-state index in [1.807, 2.05) is 40.9 Å². The van der Waals surface area contributed by atoms with Gasteiger partial charge in [-0.1, -0.05) is 18.2 Å². The van der Waals surface area contributed by atoms with Crippen LogP contribution in [0.1, 0.15) is 58.0 Å². The predicted octanol–water partition coefficient (Wildman–Crippen LogP) is 3.87. The monoisotopic (exact) mass is 743 g/mol. The van der Waals surface area contributed by atoms with Crippen LogP contribution in [0.3, 0.4) is 0 Å². The summed E-state index contributed by atoms with van der Waals surface area (Å²) in [6, 6.07) is 20.5. The van der Waals surface area contributed by atoms with Gasteiger partial charge in [0.25, 0.3) is 11.8 Å². The fourth-order valence-corrected chi connectivity index (χ4v) is 8.07. The van der Waals surface area contributed by atoms with Gasteiger partial charge in [-0.15, -0.1) is 5.10 Å². The van der Waals surface area contributed by atoms with Crippen molar-refractivity contribution in [1.29, 1.82) is 0 Å². The lowest BCUT2D eigenvalue weighted by molar-refractivity contribution is -0.136. The van der Waals surface area contributed by atoms with Crippen molar-refractivity contribution in [3.8, 4) is 17.1 Å². The van der Waals surface area contributed by atoms with Gasteiger partial charge >= 0.3 is 0 Å². The van der Waals surface area contributed by atoms with E-state index in [2.05, 4.69) is 25.0 Å². The number of piperazine rings is 1. The van der Waals surface area contributed by atoms with Gasteiger partial charge in [0.1, 0.15) is 41.5 Å². The first-order valence-electron chi connectivity index (χ1n) is 18.6. The van der Waals surface area contributed by atoms with E-state index < -0.39 is 29.7 Å². The molecule has 2 aromatic carbocycles. The van der Waals surface area contributed by atoms with Crippen LogP contribution in [0, 0.1) is 5.82 Å². The molecule has 3 fully saturated rings. The molecule has 4 amide bonds. The molecule has 4 aliphatic heterocycles. The number of amides is 4. The number of hydrogen-bond donors (Lipinski definition) is 1. The number of piperidine rings is 1. The molecule has 1 unspecified atom stereocenters. The van der Waals surface area contributed by atoms with Crippen molar-refractivity contribution >= 4 is 40.9 Å². The van der Waals surface area contributed by atoms with E-state index in [0.717, 1.165) is 84.7 Å². The summed E-state index contributed by atoms with van der Waals surface area (Å²) < 4.78 is 21.9. The SMILES string of the molecule is O=C1CCC(N2C(=O)c3ccc(OCCN4CCN(c5cccc(-c6cnc7ccc(N8CCC[C@@H]8c8cccc(F)c8)nn67)n5)CC4)cc3C2=O)C(=O)N1. The third kappa shape index (κ3) is 6.54. The number of pyridine rings is 1. The number of nitrogens with zero attached hydrogens (tertiary/aromatic N) is 8. The summed E-state index contributed by atoms with van der Waals surface area (Å²) in [7, 11) is 0. The number of ether oxygens (including phenoxy) is 1. The molecular weight excluding hydrogens is 705 g/mol. The van der Waals surface area contributed by atoms with Gasteiger partial charge < -0.3 is 14.5 Å². The first-order chi connectivity index (χ1) is 26.8. The van der Waals surface area contributed by atoms with Gasteiger partial charge in [-0.3, -0.25) is 34.3 Å². The number of fused-ring (bicyclic) bond motifs is 2. The Balaban J connectivity index is 0.814. The van der Waals surface area contributed by atoms with E-state index in [9.17, 15) is 23.6 Å². The Morgan fingerprint density at radius 1 is 0.818 bits per heavy atom. The number of hydrogen-bond acceptors (Lipinski definition) is 11. The second kappa shape index (κ2) is 14.2. The largest absolute Gasteiger partial charge is 0.492 e. The minimum atomic E-state index is -1.01. The topological polar surface area (TPSA) is 146 Å². The summed E-state index contributed by atoms with van der Waals surface area (Å²) in [6.07, 6.45) is 3.90. The molecule has 0 aliphatic carbocycles. The molecule has 3 aromatic heterocycles. The number of nitrogens with one attached hydrogen (secondary N) is 1. The zero-order chi connectivity index (χ0) is 37.6. The number of benzene rings is 2. The van der Waals surface area contributed by atoms with E-state index in [0.29, 0.717) is 18.9 Å². The highest BCUT2D eigenvalue weighted by Gasteiger charge is 2.44. The van der Waals surface area contributed by atoms with Crippen LogP contribution in [-0.4, -0.2) is 105 Å². The standard InChI is InChI=1S/C40H38FN9O5/c41-26-5-1-4-25(22-26)31-7-3-15-48(31)36-13-12-34-42-24-33(50(34)45-36)30-6-2-8-35(43-30)47-18-16-46(17-19-47)20-21-55-27-9-10-28-29(23-27)40(54)49(39(28)53)32-11-14-37(51)44-38(32)52/h1-2,4-6,8-10,12-13,22-24,31-32H,3,7,11,14-21H2,(H,44,51,52)/t31-,32?/m1/s1. The summed E-state index contributed by atoms with van der Waals surface area (Å²) in [6.45, 7) is 5.03. The summed E-state index contributed by atoms with van der Waals surface area (Å²) in [5.41, 5.74) is 3.63. The van der Waals surface area contributed by atoms with Crippen LogP contribution in [0.5, 0.6) is 5.75 Å². The minimum Gasteiger partial charge on any atom is -0.492 e. The van der Waals surface area contributed by atoms with Crippen LogP contribution < -0.4 is 19.9 Å². The van der Waals surface area contributed by atoms with Gasteiger partial charge in [-0.25, -0.2) is 18.9 Å². The Labute approximate surface area is 315 Å². The third-order valence-corrected chi connectivity index (χ3v) is 10.9. The van der Waals surface area contributed by atoms with E-state index in [-0.39, 0.29) is 35.8 Å². The predicted molar refractivity (Wildman–Crippen MR) is 199 cm³/mol. The van der Waals surface area contributed by atoms with Gasteiger partial charge in [-0.05, 0) is 79.4 Å². The molecule has 2 atom stereocenters. The number of aromatic nitrogens is 4. The number of carbonyl (C=O) groups excluding carboxylic acids is 4. The van der Waals surface area contributed by atoms with E-state index in [1.165, 1.54) is 6.07 Å². The molecule has 5 aromatic rings. The molecular formula is C40H38FN9O5. The van der Waals surface area contributed by atoms with Crippen LogP contribution in [0.2, 0.25) is 0 Å². The Morgan fingerprint density at radius 3 is 2.49 bits per heavy atom. The maximum atomic E-state index is 14.1. The molecule has 280 valence electrons. The average molecular weight is 744 g/mol. The van der Waals surface area contributed by atoms with Gasteiger partial charge in [-0.2, -0.15) is 0 Å². The van der Waals surface area contributed by atoms with Crippen LogP contribution in [-0.2, 0) is 9.59 Å². The Hall–Kier alpha value is -6.22. The van der Waals surface area contributed by atoms with Crippen molar-refractivity contribution in [3.63, 3.8) is 0 Å². The molecule has 4 aliphatic rings. The fraction of sp³-hybridized carbons (Fsp3) is 0.325. The first kappa shape index (κ1) is 34.5. The smallest absolute Gasteiger partial charge is 0.262 e. The fourth-order valence-electron chi connectivity index (χ4n) is 8.07. The first-order valence-corrected chi connectivity index (χ1v) is 18.6. The highest BCUT2D eigenvalue weighted by molar-refractivity contribution is 6.23. The van der Waals surface area contributed by atoms with E-state index >= 15 is 0 Å². The Kier molecular flexibility index (Phi) is 8.92. The lowest BCUT2D eigenvalue weighted by atomic mass is 10.0. The number of rotatable bonds is 9. The normalized spacial score (nSPS) is 20.4. The number of halogens is 1. The molecule has 14 nitrogen and oxygen atoms in total. The number of carbonyl (C=O) groups is 4. The highest BCUT2D eigenvalue weighted by atomic mass is 19.1. The van der Waals surface area contributed by atoms with Gasteiger partial charge in [0.15, 0.2) is 5.65 Å². The Morgan fingerprint density at radius 2 is 1.65 bits per heavy atom. The quantitative estimate of drug-likeness (QED) is 0.220. The lowest BCUT2D eigenvalue weighted by Gasteiger charge is -2.35. The number of imide groups is 2. The number of imidazole rings is 1. The minimum absolute atomic E-state index is 0.0518. The average Bonchev–Trinajstić information content (AvgIpc) is 3.92. The zero-order valence-electron chi connectivity index (χ0n) is 29.9. The molecule has 0 spiro atoms. The maximum absolute atomic E-state index is 14.1. The maximum Gasteiger partial charge on any atom is 0.262 e. The highest BCUT2D eigenvalue weighted by Crippen LogP contribution is 2.36. The molecule has 3 saturated heterocycles. The molecule has 15 heteroatoms. The zero-order valence-corrected chi connectivity index (χ0v) is 29.9. The van der Waals surface area contributed by atoms with E-state index in [4.69, 9.17) is 14.8 Å². The van der Waals surface area contributed by atoms with E-state index in [1.54, 1.807) is 36.5 Å². The molecule has 9 rings (SSSR count). The van der Waals surface area contributed by atoms with Crippen molar-refractivity contribution in [2.75, 3.05) is 55.7 Å². The molecule has 1 N–H and O–H groups in total. The van der Waals surface area contributed by atoms with Crippen molar-refractivity contribution < 1.29 is 28.3 Å². The van der Waals surface area contributed by atoms with Crippen molar-refractivity contribution in [1.82, 2.24) is 34.7 Å². The lowest BCUT2D eigenvalue weighted by Crippen LogP contribution is -2.54. The third-order valence-electron chi connectivity index (χ3n) is 10.9. The molecule has 7 heterocycles. The van der Waals surface area contributed by atoms with Gasteiger partial charge in [0.2, 0.25) is 11.8 Å². The van der Waals surface area contributed by atoms with Crippen LogP contribution in [0.25, 0.3) is 17.0 Å². The van der Waals surface area contributed by atoms with Gasteiger partial charge in [0.05, 0.1) is 29.1 Å². The second-order valence-corrected chi connectivity index (χ2v) is 14.2. The van der Waals surface area contributed by atoms with Crippen molar-refractivity contribution in [3.05, 3.63) is 102 Å². The second-order valence-electron chi connectivity index (χ2n) is 14.2.